The fourth-order valence-corrected chi connectivity index (χ4v) is 0.983. The third kappa shape index (κ3) is 2.39. The Hall–Kier alpha value is -1.16. The first-order valence-electron chi connectivity index (χ1n) is 4.12. The Balaban J connectivity index is 2.81. The van der Waals surface area contributed by atoms with Gasteiger partial charge in [-0.25, -0.2) is 9.37 Å². The maximum atomic E-state index is 13.0. The van der Waals surface area contributed by atoms with Crippen molar-refractivity contribution in [3.8, 4) is 0 Å². The van der Waals surface area contributed by atoms with Gasteiger partial charge in [0.25, 0.3) is 0 Å². The normalized spacial score (nSPS) is 12.6. The number of nitrogens with two attached hydrogens (primary N) is 1. The summed E-state index contributed by atoms with van der Waals surface area (Å²) in [4.78, 5) is 5.94. The minimum absolute atomic E-state index is 0.00297. The number of aromatic nitrogens is 1. The summed E-state index contributed by atoms with van der Waals surface area (Å²) in [6, 6.07) is 3.48. The van der Waals surface area contributed by atoms with E-state index >= 15 is 0 Å². The van der Waals surface area contributed by atoms with E-state index in [2.05, 4.69) is 4.98 Å². The van der Waals surface area contributed by atoms with Crippen molar-refractivity contribution in [2.75, 3.05) is 25.5 Å². The van der Waals surface area contributed by atoms with Crippen molar-refractivity contribution in [3.05, 3.63) is 23.9 Å². The van der Waals surface area contributed by atoms with Crippen molar-refractivity contribution >= 4 is 5.82 Å². The lowest BCUT2D eigenvalue weighted by Gasteiger charge is -2.12. The minimum atomic E-state index is -1.11. The van der Waals surface area contributed by atoms with Crippen LogP contribution in [0.2, 0.25) is 0 Å². The molecule has 0 aliphatic carbocycles. The number of hydrogen-bond acceptors (Lipinski definition) is 3. The van der Waals surface area contributed by atoms with Crippen molar-refractivity contribution in [3.63, 3.8) is 0 Å². The van der Waals surface area contributed by atoms with Gasteiger partial charge >= 0.3 is 0 Å². The monoisotopic (exact) mass is 183 g/mol. The first-order valence-corrected chi connectivity index (χ1v) is 4.12. The summed E-state index contributed by atoms with van der Waals surface area (Å²) in [6.45, 7) is 0.00297. The van der Waals surface area contributed by atoms with E-state index in [4.69, 9.17) is 5.73 Å². The molecule has 0 radical (unpaired) electrons. The molecule has 4 heteroatoms. The molecular weight excluding hydrogens is 169 g/mol. The Kier molecular flexibility index (Phi) is 3.19. The van der Waals surface area contributed by atoms with Gasteiger partial charge in [0.2, 0.25) is 0 Å². The van der Waals surface area contributed by atoms with Gasteiger partial charge in [0, 0.05) is 32.4 Å². The summed E-state index contributed by atoms with van der Waals surface area (Å²) >= 11 is 0. The number of hydrogen-bond donors (Lipinski definition) is 1. The predicted molar refractivity (Wildman–Crippen MR) is 51.5 cm³/mol. The van der Waals surface area contributed by atoms with Crippen LogP contribution in [0.15, 0.2) is 18.3 Å². The van der Waals surface area contributed by atoms with Crippen LogP contribution in [0, 0.1) is 0 Å². The van der Waals surface area contributed by atoms with Crippen LogP contribution in [0.3, 0.4) is 0 Å². The molecule has 0 bridgehead atoms. The van der Waals surface area contributed by atoms with Gasteiger partial charge in [-0.05, 0) is 6.07 Å². The van der Waals surface area contributed by atoms with Gasteiger partial charge in [-0.1, -0.05) is 6.07 Å². The summed E-state index contributed by atoms with van der Waals surface area (Å²) in [5, 5.41) is 0. The number of nitrogens with zero attached hydrogens (tertiary/aromatic N) is 2. The lowest BCUT2D eigenvalue weighted by molar-refractivity contribution is 0.352. The maximum Gasteiger partial charge on any atom is 0.139 e. The van der Waals surface area contributed by atoms with Crippen LogP contribution in [0.5, 0.6) is 0 Å². The highest BCUT2D eigenvalue weighted by Gasteiger charge is 2.07. The highest BCUT2D eigenvalue weighted by molar-refractivity contribution is 5.37. The molecule has 1 unspecified atom stereocenters. The van der Waals surface area contributed by atoms with Crippen LogP contribution < -0.4 is 10.6 Å². The molecule has 2 N–H and O–H groups in total. The van der Waals surface area contributed by atoms with Crippen molar-refractivity contribution in [1.29, 1.82) is 0 Å². The average Bonchev–Trinajstić information content (AvgIpc) is 2.17. The lowest BCUT2D eigenvalue weighted by Crippen LogP contribution is -2.12. The van der Waals surface area contributed by atoms with Crippen LogP contribution in [0.4, 0.5) is 10.2 Å². The zero-order valence-electron chi connectivity index (χ0n) is 7.87. The second-order valence-electron chi connectivity index (χ2n) is 3.05. The molecule has 13 heavy (non-hydrogen) atoms. The predicted octanol–water partition coefficient (Wildman–Crippen LogP) is 1.12. The fraction of sp³-hybridized carbons (Fsp3) is 0.444. The van der Waals surface area contributed by atoms with E-state index in [0.29, 0.717) is 5.56 Å². The Labute approximate surface area is 77.4 Å². The Bertz CT molecular complexity index is 258. The van der Waals surface area contributed by atoms with Crippen molar-refractivity contribution in [2.45, 2.75) is 6.17 Å². The molecule has 72 valence electrons. The minimum Gasteiger partial charge on any atom is -0.363 e. The molecule has 1 aromatic rings. The maximum absolute atomic E-state index is 13.0. The van der Waals surface area contributed by atoms with E-state index < -0.39 is 6.17 Å². The molecular formula is C9H14FN3. The largest absolute Gasteiger partial charge is 0.363 e. The summed E-state index contributed by atoms with van der Waals surface area (Å²) in [7, 11) is 3.77. The summed E-state index contributed by atoms with van der Waals surface area (Å²) in [5.41, 5.74) is 5.72. The van der Waals surface area contributed by atoms with Gasteiger partial charge in [0.1, 0.15) is 12.0 Å². The quantitative estimate of drug-likeness (QED) is 0.763. The summed E-state index contributed by atoms with van der Waals surface area (Å²) in [5.74, 6) is 0.813. The van der Waals surface area contributed by atoms with Crippen LogP contribution in [0.25, 0.3) is 0 Å². The molecule has 0 spiro atoms. The van der Waals surface area contributed by atoms with Crippen LogP contribution >= 0.6 is 0 Å². The summed E-state index contributed by atoms with van der Waals surface area (Å²) < 4.78 is 13.0. The standard InChI is InChI=1S/C9H14FN3/c1-13(2)9-4-3-7(6-12-9)8(10)5-11/h3-4,6,8H,5,11H2,1-2H3. The molecule has 1 atom stereocenters. The SMILES string of the molecule is CN(C)c1ccc(C(F)CN)cn1. The molecule has 0 aliphatic heterocycles. The van der Waals surface area contributed by atoms with Gasteiger partial charge < -0.3 is 10.6 Å². The fourth-order valence-electron chi connectivity index (χ4n) is 0.983. The number of anilines is 1. The Morgan fingerprint density at radius 3 is 2.62 bits per heavy atom. The van der Waals surface area contributed by atoms with Gasteiger partial charge in [0.15, 0.2) is 0 Å². The first-order chi connectivity index (χ1) is 6.15. The van der Waals surface area contributed by atoms with Crippen molar-refractivity contribution in [2.24, 2.45) is 5.73 Å². The molecule has 0 fully saturated rings. The second kappa shape index (κ2) is 4.18. The first kappa shape index (κ1) is 9.92. The Morgan fingerprint density at radius 1 is 1.54 bits per heavy atom. The van der Waals surface area contributed by atoms with Gasteiger partial charge in [0.05, 0.1) is 0 Å². The summed E-state index contributed by atoms with van der Waals surface area (Å²) in [6.07, 6.45) is 0.413. The van der Waals surface area contributed by atoms with E-state index in [1.807, 2.05) is 19.0 Å². The topological polar surface area (TPSA) is 42.1 Å². The van der Waals surface area contributed by atoms with E-state index in [-0.39, 0.29) is 6.54 Å². The van der Waals surface area contributed by atoms with Crippen LogP contribution in [-0.4, -0.2) is 25.6 Å². The zero-order valence-corrected chi connectivity index (χ0v) is 7.87. The molecule has 0 saturated heterocycles. The lowest BCUT2D eigenvalue weighted by atomic mass is 10.2. The number of pyridine rings is 1. The highest BCUT2D eigenvalue weighted by Crippen LogP contribution is 2.16. The van der Waals surface area contributed by atoms with Gasteiger partial charge in [-0.2, -0.15) is 0 Å². The molecule has 0 saturated carbocycles. The third-order valence-corrected chi connectivity index (χ3v) is 1.80. The molecule has 1 rings (SSSR count). The molecule has 1 aromatic heterocycles. The Morgan fingerprint density at radius 2 is 2.23 bits per heavy atom. The number of rotatable bonds is 3. The molecule has 1 heterocycles. The van der Waals surface area contributed by atoms with Crippen LogP contribution in [-0.2, 0) is 0 Å². The number of alkyl halides is 1. The van der Waals surface area contributed by atoms with E-state index in [0.717, 1.165) is 5.82 Å². The second-order valence-corrected chi connectivity index (χ2v) is 3.05. The zero-order chi connectivity index (χ0) is 9.84. The molecule has 0 amide bonds. The average molecular weight is 183 g/mol. The third-order valence-electron chi connectivity index (χ3n) is 1.80. The molecule has 0 aliphatic rings. The van der Waals surface area contributed by atoms with Crippen molar-refractivity contribution in [1.82, 2.24) is 4.98 Å². The highest BCUT2D eigenvalue weighted by atomic mass is 19.1. The number of halogens is 1. The van der Waals surface area contributed by atoms with Gasteiger partial charge in [-0.3, -0.25) is 0 Å². The van der Waals surface area contributed by atoms with Crippen LogP contribution in [0.1, 0.15) is 11.7 Å². The van der Waals surface area contributed by atoms with E-state index in [1.54, 1.807) is 12.1 Å². The van der Waals surface area contributed by atoms with E-state index in [1.165, 1.54) is 6.20 Å². The van der Waals surface area contributed by atoms with Crippen molar-refractivity contribution < 1.29 is 4.39 Å². The molecule has 3 nitrogen and oxygen atoms in total. The molecule has 0 aromatic carbocycles. The smallest absolute Gasteiger partial charge is 0.139 e. The van der Waals surface area contributed by atoms with E-state index in [9.17, 15) is 4.39 Å². The van der Waals surface area contributed by atoms with Gasteiger partial charge in [-0.15, -0.1) is 0 Å².